The number of hydrogen-bond acceptors (Lipinski definition) is 2. The van der Waals surface area contributed by atoms with E-state index in [9.17, 15) is 5.11 Å². The number of aryl methyl sites for hydroxylation is 2. The number of carbonyl (C=O) groups is 1. The predicted molar refractivity (Wildman–Crippen MR) is 256 cm³/mol. The molecule has 1 N–H and O–H groups in total. The Balaban J connectivity index is 1.18. The number of anilines is 1. The van der Waals surface area contributed by atoms with Gasteiger partial charge in [-0.25, -0.2) is 0 Å². The van der Waals surface area contributed by atoms with E-state index in [0.29, 0.717) is 16.8 Å². The van der Waals surface area contributed by atoms with E-state index >= 15 is 4.79 Å². The summed E-state index contributed by atoms with van der Waals surface area (Å²) in [6, 6.07) is 71.1. The molecule has 2 heterocycles. The second kappa shape index (κ2) is 15.0. The highest BCUT2D eigenvalue weighted by atomic mass is 16.3. The summed E-state index contributed by atoms with van der Waals surface area (Å²) >= 11 is 0. The minimum absolute atomic E-state index is 0.259. The molecule has 4 nitrogen and oxygen atoms in total. The van der Waals surface area contributed by atoms with Crippen LogP contribution in [-0.2, 0) is 0 Å². The van der Waals surface area contributed by atoms with Gasteiger partial charge in [-0.05, 0) is 99.8 Å². The smallest absolute Gasteiger partial charge is 0.263 e. The molecular weight excluding hydrogens is 757 g/mol. The maximum Gasteiger partial charge on any atom is 0.263 e. The summed E-state index contributed by atoms with van der Waals surface area (Å²) in [5.74, 6) is -0.259. The Hall–Kier alpha value is -7.79. The summed E-state index contributed by atoms with van der Waals surface area (Å²) in [4.78, 5) is 17.4. The van der Waals surface area contributed by atoms with Crippen LogP contribution in [-0.4, -0.2) is 15.6 Å². The Bertz CT molecular complexity index is 3190. The third-order valence-corrected chi connectivity index (χ3v) is 12.6. The largest absolute Gasteiger partial charge is 0.369 e. The summed E-state index contributed by atoms with van der Waals surface area (Å²) < 4.78 is 2.25. The van der Waals surface area contributed by atoms with Crippen molar-refractivity contribution < 1.29 is 9.90 Å². The first kappa shape index (κ1) is 37.2. The van der Waals surface area contributed by atoms with Crippen LogP contribution in [0.15, 0.2) is 206 Å². The van der Waals surface area contributed by atoms with Gasteiger partial charge in [0, 0.05) is 27.5 Å². The molecule has 1 aliphatic rings. The topological polar surface area (TPSA) is 45.5 Å². The fraction of sp³-hybridized carbons (Fsp3) is 0.0517. The van der Waals surface area contributed by atoms with Gasteiger partial charge in [0.25, 0.3) is 5.91 Å². The molecular formula is C58H42N2O2. The van der Waals surface area contributed by atoms with Crippen LogP contribution in [0.2, 0.25) is 0 Å². The number of carbonyl (C=O) groups excluding carboxylic acids is 1. The molecule has 4 heteroatoms. The fourth-order valence-electron chi connectivity index (χ4n) is 9.56. The molecule has 1 amide bonds. The second-order valence-corrected chi connectivity index (χ2v) is 16.2. The van der Waals surface area contributed by atoms with Gasteiger partial charge in [-0.15, -0.1) is 0 Å². The van der Waals surface area contributed by atoms with Crippen molar-refractivity contribution in [3.8, 4) is 61.3 Å². The van der Waals surface area contributed by atoms with Crippen LogP contribution in [0, 0.1) is 13.8 Å². The highest BCUT2D eigenvalue weighted by Gasteiger charge is 2.41. The molecule has 0 aliphatic carbocycles. The zero-order valence-corrected chi connectivity index (χ0v) is 34.5. The summed E-state index contributed by atoms with van der Waals surface area (Å²) in [6.45, 7) is 4.28. The summed E-state index contributed by atoms with van der Waals surface area (Å²) in [5, 5.41) is 14.9. The van der Waals surface area contributed by atoms with E-state index in [0.717, 1.165) is 83.1 Å². The van der Waals surface area contributed by atoms with Gasteiger partial charge in [-0.1, -0.05) is 176 Å². The van der Waals surface area contributed by atoms with Gasteiger partial charge >= 0.3 is 0 Å². The number of aliphatic hydroxyl groups is 1. The van der Waals surface area contributed by atoms with Crippen LogP contribution in [0.4, 0.5) is 5.69 Å². The third kappa shape index (κ3) is 6.07. The number of hydrogen-bond donors (Lipinski definition) is 1. The van der Waals surface area contributed by atoms with Gasteiger partial charge in [0.1, 0.15) is 0 Å². The monoisotopic (exact) mass is 798 g/mol. The van der Waals surface area contributed by atoms with Gasteiger partial charge in [0.2, 0.25) is 0 Å². The highest BCUT2D eigenvalue weighted by molar-refractivity contribution is 6.18. The van der Waals surface area contributed by atoms with Crippen molar-refractivity contribution >= 4 is 33.4 Å². The molecule has 9 aromatic carbocycles. The van der Waals surface area contributed by atoms with E-state index < -0.39 is 6.23 Å². The van der Waals surface area contributed by atoms with Crippen LogP contribution in [0.1, 0.15) is 33.3 Å². The molecule has 62 heavy (non-hydrogen) atoms. The third-order valence-electron chi connectivity index (χ3n) is 12.6. The predicted octanol–water partition coefficient (Wildman–Crippen LogP) is 14.4. The van der Waals surface area contributed by atoms with Crippen LogP contribution in [0.3, 0.4) is 0 Å². The number of rotatable bonds is 7. The van der Waals surface area contributed by atoms with Crippen molar-refractivity contribution in [2.45, 2.75) is 20.1 Å². The van der Waals surface area contributed by atoms with Crippen LogP contribution >= 0.6 is 0 Å². The van der Waals surface area contributed by atoms with Crippen LogP contribution < -0.4 is 4.90 Å². The van der Waals surface area contributed by atoms with E-state index in [1.165, 1.54) is 11.1 Å². The first-order valence-corrected chi connectivity index (χ1v) is 21.1. The van der Waals surface area contributed by atoms with Crippen molar-refractivity contribution in [3.63, 3.8) is 0 Å². The van der Waals surface area contributed by atoms with Crippen LogP contribution in [0.25, 0.3) is 83.1 Å². The molecule has 10 aromatic rings. The van der Waals surface area contributed by atoms with Crippen molar-refractivity contribution in [2.75, 3.05) is 4.90 Å². The molecule has 0 fully saturated rings. The lowest BCUT2D eigenvalue weighted by molar-refractivity contribution is 0.0935. The van der Waals surface area contributed by atoms with E-state index in [2.05, 4.69) is 152 Å². The maximum atomic E-state index is 15.7. The number of aromatic nitrogens is 1. The van der Waals surface area contributed by atoms with Gasteiger partial charge in [0.15, 0.2) is 6.23 Å². The van der Waals surface area contributed by atoms with Gasteiger partial charge < -0.3 is 9.67 Å². The zero-order chi connectivity index (χ0) is 41.9. The van der Waals surface area contributed by atoms with Gasteiger partial charge in [-0.3, -0.25) is 9.69 Å². The molecule has 296 valence electrons. The fourth-order valence-corrected chi connectivity index (χ4v) is 9.56. The number of benzene rings is 9. The van der Waals surface area contributed by atoms with Crippen molar-refractivity contribution in [3.05, 3.63) is 229 Å². The number of amides is 1. The Labute approximate surface area is 361 Å². The van der Waals surface area contributed by atoms with E-state index in [-0.39, 0.29) is 5.91 Å². The minimum Gasteiger partial charge on any atom is -0.369 e. The average Bonchev–Trinajstić information content (AvgIpc) is 3.78. The molecule has 11 rings (SSSR count). The van der Waals surface area contributed by atoms with E-state index in [1.807, 2.05) is 72.8 Å². The molecule has 0 spiro atoms. The maximum absolute atomic E-state index is 15.7. The molecule has 0 radical (unpaired) electrons. The lowest BCUT2D eigenvalue weighted by atomic mass is 9.90. The van der Waals surface area contributed by atoms with Gasteiger partial charge in [-0.2, -0.15) is 0 Å². The number of nitrogens with zero attached hydrogens (tertiary/aromatic N) is 2. The van der Waals surface area contributed by atoms with Crippen molar-refractivity contribution in [1.82, 2.24) is 4.57 Å². The number of fused-ring (bicyclic) bond motifs is 4. The van der Waals surface area contributed by atoms with Gasteiger partial charge in [0.05, 0.1) is 28.0 Å². The Morgan fingerprint density at radius 2 is 0.887 bits per heavy atom. The molecule has 0 saturated heterocycles. The first-order valence-electron chi connectivity index (χ1n) is 21.1. The first-order chi connectivity index (χ1) is 30.4. The summed E-state index contributed by atoms with van der Waals surface area (Å²) in [5.41, 5.74) is 17.0. The lowest BCUT2D eigenvalue weighted by Gasteiger charge is -2.28. The molecule has 1 aliphatic heterocycles. The zero-order valence-electron chi connectivity index (χ0n) is 34.5. The van der Waals surface area contributed by atoms with E-state index in [1.54, 1.807) is 4.90 Å². The van der Waals surface area contributed by atoms with E-state index in [4.69, 9.17) is 0 Å². The van der Waals surface area contributed by atoms with Crippen molar-refractivity contribution in [2.24, 2.45) is 0 Å². The molecule has 0 saturated carbocycles. The Kier molecular flexibility index (Phi) is 9.03. The molecule has 0 bridgehead atoms. The summed E-state index contributed by atoms with van der Waals surface area (Å²) in [6.07, 6.45) is -1.25. The molecule has 1 unspecified atom stereocenters. The summed E-state index contributed by atoms with van der Waals surface area (Å²) in [7, 11) is 0. The second-order valence-electron chi connectivity index (χ2n) is 16.2. The highest BCUT2D eigenvalue weighted by Crippen LogP contribution is 2.50. The Morgan fingerprint density at radius 3 is 1.39 bits per heavy atom. The standard InChI is InChI=1S/C58H42N2O2/c1-37-17-12-14-25-45(37)42-29-31-47-48-32-30-43(46-26-15-13-18-38(46)2)36-54(48)59(53(47)35-42)52-28-16-27-49-55(52)58(62)60(57(49)61)56-50(40-21-8-4-9-22-40)33-44(39-19-6-3-7-20-39)34-51(56)41-23-10-5-11-24-41/h3-36,57,61H,1-2H3. The average molecular weight is 799 g/mol. The normalized spacial score (nSPS) is 13.6. The Morgan fingerprint density at radius 1 is 0.419 bits per heavy atom. The lowest BCUT2D eigenvalue weighted by Crippen LogP contribution is -2.29. The quantitative estimate of drug-likeness (QED) is 0.175. The molecule has 1 atom stereocenters. The van der Waals surface area contributed by atoms with Crippen LogP contribution in [0.5, 0.6) is 0 Å². The SMILES string of the molecule is Cc1ccccc1-c1ccc2c3ccc(-c4ccccc4C)cc3n(-c3cccc4c3C(=O)N(c3c(-c5ccccc5)cc(-c5ccccc5)cc3-c3ccccc3)C4O)c2c1. The minimum atomic E-state index is -1.25. The number of aliphatic hydroxyl groups excluding tert-OH is 1. The molecule has 1 aromatic heterocycles. The van der Waals surface area contributed by atoms with Crippen molar-refractivity contribution in [1.29, 1.82) is 0 Å².